The molecule has 1 aliphatic heterocycles. The Labute approximate surface area is 128 Å². The smallest absolute Gasteiger partial charge is 0.235 e. The summed E-state index contributed by atoms with van der Waals surface area (Å²) in [6.07, 6.45) is 6.08. The van der Waals surface area contributed by atoms with E-state index in [1.54, 1.807) is 6.08 Å². The molecule has 0 N–H and O–H groups in total. The monoisotopic (exact) mass is 334 g/mol. The van der Waals surface area contributed by atoms with Crippen molar-refractivity contribution in [3.63, 3.8) is 0 Å². The second-order valence-electron chi connectivity index (χ2n) is 6.05. The van der Waals surface area contributed by atoms with Crippen LogP contribution in [-0.4, -0.2) is 31.1 Å². The van der Waals surface area contributed by atoms with Crippen molar-refractivity contribution in [3.05, 3.63) is 33.8 Å². The maximum Gasteiger partial charge on any atom is 0.235 e. The predicted octanol–water partition coefficient (Wildman–Crippen LogP) is 3.58. The van der Waals surface area contributed by atoms with Crippen LogP contribution in [0.3, 0.4) is 0 Å². The van der Waals surface area contributed by atoms with Crippen molar-refractivity contribution in [2.24, 2.45) is 4.99 Å². The highest BCUT2D eigenvalue weighted by Gasteiger charge is 2.45. The second kappa shape index (κ2) is 5.44. The van der Waals surface area contributed by atoms with E-state index in [-0.39, 0.29) is 5.54 Å². The van der Waals surface area contributed by atoms with Crippen LogP contribution in [0.2, 0.25) is 0 Å². The summed E-state index contributed by atoms with van der Waals surface area (Å²) in [7, 11) is 2.18. The van der Waals surface area contributed by atoms with Crippen molar-refractivity contribution in [2.75, 3.05) is 20.1 Å². The first-order valence-electron chi connectivity index (χ1n) is 7.22. The van der Waals surface area contributed by atoms with Gasteiger partial charge in [0, 0.05) is 4.47 Å². The van der Waals surface area contributed by atoms with Gasteiger partial charge in [0.2, 0.25) is 6.08 Å². The lowest BCUT2D eigenvalue weighted by atomic mass is 9.88. The van der Waals surface area contributed by atoms with E-state index in [0.29, 0.717) is 5.92 Å². The summed E-state index contributed by atoms with van der Waals surface area (Å²) in [5.74, 6) is 0.638. The maximum atomic E-state index is 10.6. The summed E-state index contributed by atoms with van der Waals surface area (Å²) in [6, 6.07) is 6.52. The minimum atomic E-state index is -0.268. The highest BCUT2D eigenvalue weighted by molar-refractivity contribution is 9.10. The van der Waals surface area contributed by atoms with Gasteiger partial charge < -0.3 is 4.90 Å². The molecule has 0 amide bonds. The number of halogens is 1. The molecular formula is C16H19BrN2O. The number of piperidine rings is 1. The third-order valence-electron chi connectivity index (χ3n) is 4.68. The predicted molar refractivity (Wildman–Crippen MR) is 82.6 cm³/mol. The number of aliphatic imine (C=N–C) groups is 1. The lowest BCUT2D eigenvalue weighted by Gasteiger charge is -2.30. The van der Waals surface area contributed by atoms with Gasteiger partial charge in [-0.25, -0.2) is 4.79 Å². The Hall–Kier alpha value is -0.960. The second-order valence-corrected chi connectivity index (χ2v) is 6.90. The average molecular weight is 335 g/mol. The van der Waals surface area contributed by atoms with Crippen LogP contribution >= 0.6 is 15.9 Å². The van der Waals surface area contributed by atoms with Gasteiger partial charge in [-0.3, -0.25) is 0 Å². The van der Waals surface area contributed by atoms with Crippen LogP contribution in [-0.2, 0) is 10.3 Å². The molecule has 2 fully saturated rings. The first-order valence-corrected chi connectivity index (χ1v) is 8.01. The van der Waals surface area contributed by atoms with E-state index in [0.717, 1.165) is 36.0 Å². The van der Waals surface area contributed by atoms with E-state index in [4.69, 9.17) is 0 Å². The quantitative estimate of drug-likeness (QED) is 0.625. The number of likely N-dealkylation sites (tertiary alicyclic amines) is 1. The van der Waals surface area contributed by atoms with E-state index in [1.165, 1.54) is 18.4 Å². The molecule has 0 aromatic heterocycles. The number of nitrogens with zero attached hydrogens (tertiary/aromatic N) is 2. The summed E-state index contributed by atoms with van der Waals surface area (Å²) >= 11 is 3.72. The van der Waals surface area contributed by atoms with Gasteiger partial charge in [0.25, 0.3) is 0 Å². The molecule has 2 aliphatic rings. The van der Waals surface area contributed by atoms with Gasteiger partial charge in [-0.15, -0.1) is 0 Å². The maximum absolute atomic E-state index is 10.6. The summed E-state index contributed by atoms with van der Waals surface area (Å²) in [6.45, 7) is 2.33. The topological polar surface area (TPSA) is 32.7 Å². The van der Waals surface area contributed by atoms with Crippen LogP contribution in [0.4, 0.5) is 0 Å². The van der Waals surface area contributed by atoms with Crippen molar-refractivity contribution in [3.8, 4) is 0 Å². The largest absolute Gasteiger partial charge is 0.306 e. The molecule has 1 aliphatic carbocycles. The first kappa shape index (κ1) is 14.0. The zero-order valence-corrected chi connectivity index (χ0v) is 13.3. The SMILES string of the molecule is CN1CCC(c2ccc(C3(N=C=O)CC3)cc2Br)CC1. The highest BCUT2D eigenvalue weighted by Crippen LogP contribution is 2.50. The van der Waals surface area contributed by atoms with Gasteiger partial charge in [0.05, 0.1) is 5.54 Å². The summed E-state index contributed by atoms with van der Waals surface area (Å²) in [5.41, 5.74) is 2.27. The molecule has 3 nitrogen and oxygen atoms in total. The Morgan fingerprint density at radius 1 is 1.35 bits per heavy atom. The summed E-state index contributed by atoms with van der Waals surface area (Å²) < 4.78 is 1.16. The minimum Gasteiger partial charge on any atom is -0.306 e. The zero-order chi connectivity index (χ0) is 14.2. The van der Waals surface area contributed by atoms with Crippen LogP contribution in [0.1, 0.15) is 42.7 Å². The van der Waals surface area contributed by atoms with Crippen LogP contribution in [0.5, 0.6) is 0 Å². The normalized spacial score (nSPS) is 22.3. The average Bonchev–Trinajstić information content (AvgIpc) is 3.21. The van der Waals surface area contributed by atoms with Gasteiger partial charge in [0.15, 0.2) is 0 Å². The lowest BCUT2D eigenvalue weighted by molar-refractivity contribution is 0.255. The molecule has 3 rings (SSSR count). The van der Waals surface area contributed by atoms with Crippen molar-refractivity contribution in [1.82, 2.24) is 4.90 Å². The molecule has 0 unspecified atom stereocenters. The van der Waals surface area contributed by atoms with E-state index in [9.17, 15) is 4.79 Å². The molecule has 1 aromatic rings. The summed E-state index contributed by atoms with van der Waals surface area (Å²) in [4.78, 5) is 16.9. The van der Waals surface area contributed by atoms with E-state index >= 15 is 0 Å². The lowest BCUT2D eigenvalue weighted by Crippen LogP contribution is -2.29. The van der Waals surface area contributed by atoms with Crippen molar-refractivity contribution in [1.29, 1.82) is 0 Å². The van der Waals surface area contributed by atoms with Gasteiger partial charge in [-0.2, -0.15) is 4.99 Å². The molecule has 0 atom stereocenters. The Balaban J connectivity index is 1.83. The Morgan fingerprint density at radius 3 is 2.60 bits per heavy atom. The van der Waals surface area contributed by atoms with Crippen LogP contribution < -0.4 is 0 Å². The zero-order valence-electron chi connectivity index (χ0n) is 11.7. The van der Waals surface area contributed by atoms with Crippen molar-refractivity contribution in [2.45, 2.75) is 37.1 Å². The van der Waals surface area contributed by atoms with E-state index in [1.807, 2.05) is 0 Å². The molecule has 1 saturated heterocycles. The van der Waals surface area contributed by atoms with Gasteiger partial charge >= 0.3 is 0 Å². The van der Waals surface area contributed by atoms with Crippen LogP contribution in [0, 0.1) is 0 Å². The van der Waals surface area contributed by atoms with Gasteiger partial charge in [-0.05, 0) is 68.9 Å². The number of benzene rings is 1. The number of rotatable bonds is 3. The molecule has 20 heavy (non-hydrogen) atoms. The van der Waals surface area contributed by atoms with Crippen LogP contribution in [0.25, 0.3) is 0 Å². The van der Waals surface area contributed by atoms with E-state index < -0.39 is 0 Å². The molecule has 1 saturated carbocycles. The molecular weight excluding hydrogens is 316 g/mol. The third kappa shape index (κ3) is 2.60. The first-order chi connectivity index (χ1) is 9.64. The fraction of sp³-hybridized carbons (Fsp3) is 0.562. The number of hydrogen-bond acceptors (Lipinski definition) is 3. The van der Waals surface area contributed by atoms with Crippen molar-refractivity contribution < 1.29 is 4.79 Å². The molecule has 1 aromatic carbocycles. The van der Waals surface area contributed by atoms with E-state index in [2.05, 4.69) is 51.1 Å². The molecule has 0 spiro atoms. The third-order valence-corrected chi connectivity index (χ3v) is 5.37. The molecule has 0 radical (unpaired) electrons. The standard InChI is InChI=1S/C16H19BrN2O/c1-19-8-4-12(5-9-19)14-3-2-13(10-15(14)17)16(6-7-16)18-11-20/h2-3,10,12H,4-9H2,1H3. The number of hydrogen-bond donors (Lipinski definition) is 0. The fourth-order valence-electron chi connectivity index (χ4n) is 3.14. The van der Waals surface area contributed by atoms with Gasteiger partial charge in [0.1, 0.15) is 0 Å². The highest BCUT2D eigenvalue weighted by atomic mass is 79.9. The van der Waals surface area contributed by atoms with Gasteiger partial charge in [-0.1, -0.05) is 28.1 Å². The Morgan fingerprint density at radius 2 is 2.05 bits per heavy atom. The molecule has 106 valence electrons. The molecule has 4 heteroatoms. The van der Waals surface area contributed by atoms with Crippen LogP contribution in [0.15, 0.2) is 27.7 Å². The number of isocyanates is 1. The minimum absolute atomic E-state index is 0.268. The Bertz CT molecular complexity index is 554. The Kier molecular flexibility index (Phi) is 3.80. The fourth-order valence-corrected chi connectivity index (χ4v) is 3.84. The molecule has 1 heterocycles. The molecule has 0 bridgehead atoms. The summed E-state index contributed by atoms with van der Waals surface area (Å²) in [5, 5.41) is 0. The van der Waals surface area contributed by atoms with Crippen molar-refractivity contribution >= 4 is 22.0 Å². The number of carbonyl (C=O) groups excluding carboxylic acids is 1.